The van der Waals surface area contributed by atoms with Crippen LogP contribution < -0.4 is 14.2 Å². The number of hydrogen-bond donors (Lipinski definition) is 0. The molecule has 0 saturated carbocycles. The summed E-state index contributed by atoms with van der Waals surface area (Å²) in [7, 11) is 4.89. The maximum atomic E-state index is 5.39. The molecule has 2 aromatic carbocycles. The highest BCUT2D eigenvalue weighted by Crippen LogP contribution is 2.37. The molecule has 3 heteroatoms. The van der Waals surface area contributed by atoms with E-state index in [1.165, 1.54) is 0 Å². The minimum atomic E-state index is 0.685. The molecule has 0 aliphatic rings. The molecule has 3 nitrogen and oxygen atoms in total. The van der Waals surface area contributed by atoms with E-state index in [0.29, 0.717) is 11.5 Å². The van der Waals surface area contributed by atoms with Gasteiger partial charge in [-0.2, -0.15) is 0 Å². The van der Waals surface area contributed by atoms with Gasteiger partial charge >= 0.3 is 0 Å². The normalized spacial score (nSPS) is 9.94. The first-order valence-corrected chi connectivity index (χ1v) is 5.57. The second-order valence-corrected chi connectivity index (χ2v) is 3.68. The van der Waals surface area contributed by atoms with E-state index in [2.05, 4.69) is 6.07 Å². The summed E-state index contributed by atoms with van der Waals surface area (Å²) < 4.78 is 15.8. The van der Waals surface area contributed by atoms with Gasteiger partial charge in [-0.1, -0.05) is 12.1 Å². The van der Waals surface area contributed by atoms with E-state index in [1.54, 1.807) is 21.3 Å². The fourth-order valence-electron chi connectivity index (χ4n) is 1.80. The fraction of sp³-hybridized carbons (Fsp3) is 0.200. The second kappa shape index (κ2) is 5.45. The van der Waals surface area contributed by atoms with E-state index >= 15 is 0 Å². The maximum absolute atomic E-state index is 5.39. The first-order valence-electron chi connectivity index (χ1n) is 5.57. The highest BCUT2D eigenvalue weighted by molar-refractivity contribution is 5.73. The van der Waals surface area contributed by atoms with Crippen LogP contribution in [0.1, 0.15) is 0 Å². The quantitative estimate of drug-likeness (QED) is 0.825. The van der Waals surface area contributed by atoms with Crippen molar-refractivity contribution in [2.75, 3.05) is 21.3 Å². The topological polar surface area (TPSA) is 27.7 Å². The first-order chi connectivity index (χ1) is 8.80. The zero-order chi connectivity index (χ0) is 13.0. The smallest absolute Gasteiger partial charge is 0.169 e. The Morgan fingerprint density at radius 2 is 1.56 bits per heavy atom. The third kappa shape index (κ3) is 2.25. The van der Waals surface area contributed by atoms with Crippen molar-refractivity contribution >= 4 is 0 Å². The Hall–Kier alpha value is -2.16. The second-order valence-electron chi connectivity index (χ2n) is 3.68. The zero-order valence-corrected chi connectivity index (χ0v) is 10.7. The van der Waals surface area contributed by atoms with Crippen LogP contribution in [0.25, 0.3) is 11.1 Å². The Kier molecular flexibility index (Phi) is 3.72. The molecule has 0 spiro atoms. The summed E-state index contributed by atoms with van der Waals surface area (Å²) in [6.45, 7) is 0. The summed E-state index contributed by atoms with van der Waals surface area (Å²) in [6, 6.07) is 14.6. The number of methoxy groups -OCH3 is 3. The predicted octanol–water partition coefficient (Wildman–Crippen LogP) is 3.18. The Morgan fingerprint density at radius 3 is 2.11 bits per heavy atom. The molecule has 0 unspecified atom stereocenters. The molecule has 0 atom stereocenters. The Labute approximate surface area is 107 Å². The van der Waals surface area contributed by atoms with Crippen molar-refractivity contribution in [3.05, 3.63) is 42.5 Å². The van der Waals surface area contributed by atoms with Crippen LogP contribution in [0.2, 0.25) is 0 Å². The summed E-state index contributed by atoms with van der Waals surface area (Å²) in [4.78, 5) is 0. The lowest BCUT2D eigenvalue weighted by atomic mass is 10.0. The van der Waals surface area contributed by atoms with Crippen LogP contribution >= 0.6 is 0 Å². The number of benzene rings is 2. The average molecular weight is 243 g/mol. The van der Waals surface area contributed by atoms with Crippen LogP contribution in [0.4, 0.5) is 0 Å². The molecular formula is C15H15O3. The van der Waals surface area contributed by atoms with Crippen molar-refractivity contribution in [1.29, 1.82) is 0 Å². The van der Waals surface area contributed by atoms with Gasteiger partial charge in [-0.3, -0.25) is 0 Å². The Morgan fingerprint density at radius 1 is 0.833 bits per heavy atom. The summed E-state index contributed by atoms with van der Waals surface area (Å²) in [5, 5.41) is 0. The molecule has 0 aliphatic carbocycles. The lowest BCUT2D eigenvalue weighted by molar-refractivity contribution is 0.356. The van der Waals surface area contributed by atoms with E-state index in [1.807, 2.05) is 36.4 Å². The Balaban J connectivity index is 2.48. The van der Waals surface area contributed by atoms with Crippen molar-refractivity contribution in [2.24, 2.45) is 0 Å². The van der Waals surface area contributed by atoms with E-state index in [9.17, 15) is 0 Å². The van der Waals surface area contributed by atoms with E-state index in [0.717, 1.165) is 16.9 Å². The average Bonchev–Trinajstić information content (AvgIpc) is 2.46. The standard InChI is InChI=1S/C15H15O3/c1-16-12-9-7-11(8-10-12)13-5-4-6-14(17-2)15(13)18-3/h4,6-10H,1-3H3. The minimum Gasteiger partial charge on any atom is -0.497 e. The monoisotopic (exact) mass is 243 g/mol. The highest BCUT2D eigenvalue weighted by atomic mass is 16.5. The lowest BCUT2D eigenvalue weighted by Gasteiger charge is -2.12. The Bertz CT molecular complexity index is 518. The number of ether oxygens (including phenoxy) is 3. The maximum Gasteiger partial charge on any atom is 0.169 e. The summed E-state index contributed by atoms with van der Waals surface area (Å²) in [5.41, 5.74) is 1.88. The van der Waals surface area contributed by atoms with Crippen LogP contribution in [-0.4, -0.2) is 21.3 Å². The first kappa shape index (κ1) is 12.3. The van der Waals surface area contributed by atoms with Gasteiger partial charge < -0.3 is 14.2 Å². The summed E-state index contributed by atoms with van der Waals surface area (Å²) >= 11 is 0. The van der Waals surface area contributed by atoms with Gasteiger partial charge in [0, 0.05) is 5.56 Å². The molecule has 0 amide bonds. The van der Waals surface area contributed by atoms with Crippen molar-refractivity contribution in [3.63, 3.8) is 0 Å². The summed E-state index contributed by atoms with van der Waals surface area (Å²) in [5.74, 6) is 2.20. The van der Waals surface area contributed by atoms with Crippen molar-refractivity contribution in [1.82, 2.24) is 0 Å². The number of rotatable bonds is 4. The van der Waals surface area contributed by atoms with Gasteiger partial charge in [-0.15, -0.1) is 0 Å². The molecule has 2 aromatic rings. The van der Waals surface area contributed by atoms with Gasteiger partial charge in [0.05, 0.1) is 21.3 Å². The molecule has 1 radical (unpaired) electrons. The molecule has 0 bridgehead atoms. The molecule has 2 rings (SSSR count). The van der Waals surface area contributed by atoms with Crippen LogP contribution in [0.15, 0.2) is 36.4 Å². The van der Waals surface area contributed by atoms with E-state index in [-0.39, 0.29) is 0 Å². The van der Waals surface area contributed by atoms with Crippen molar-refractivity contribution < 1.29 is 14.2 Å². The van der Waals surface area contributed by atoms with Gasteiger partial charge in [0.2, 0.25) is 0 Å². The highest BCUT2D eigenvalue weighted by Gasteiger charge is 2.11. The molecular weight excluding hydrogens is 228 g/mol. The van der Waals surface area contributed by atoms with Crippen LogP contribution in [-0.2, 0) is 0 Å². The van der Waals surface area contributed by atoms with Crippen LogP contribution in [0.3, 0.4) is 0 Å². The molecule has 0 aromatic heterocycles. The third-order valence-corrected chi connectivity index (χ3v) is 2.72. The summed E-state index contributed by atoms with van der Waals surface area (Å²) in [6.07, 6.45) is 0. The van der Waals surface area contributed by atoms with Gasteiger partial charge in [0.15, 0.2) is 11.5 Å². The molecule has 18 heavy (non-hydrogen) atoms. The van der Waals surface area contributed by atoms with E-state index in [4.69, 9.17) is 14.2 Å². The van der Waals surface area contributed by atoms with Crippen LogP contribution in [0.5, 0.6) is 17.2 Å². The lowest BCUT2D eigenvalue weighted by Crippen LogP contribution is -1.93. The number of hydrogen-bond acceptors (Lipinski definition) is 3. The molecule has 0 heterocycles. The molecule has 0 aliphatic heterocycles. The SMILES string of the molecule is COc1ccc(-c2[c]ccc(OC)c2OC)cc1. The van der Waals surface area contributed by atoms with Crippen molar-refractivity contribution in [3.8, 4) is 28.4 Å². The molecule has 93 valence electrons. The zero-order valence-electron chi connectivity index (χ0n) is 10.7. The molecule has 0 N–H and O–H groups in total. The molecule has 0 saturated heterocycles. The molecule has 0 fully saturated rings. The van der Waals surface area contributed by atoms with Gasteiger partial charge in [0.1, 0.15) is 5.75 Å². The fourth-order valence-corrected chi connectivity index (χ4v) is 1.80. The van der Waals surface area contributed by atoms with Gasteiger partial charge in [-0.25, -0.2) is 0 Å². The van der Waals surface area contributed by atoms with Gasteiger partial charge in [-0.05, 0) is 35.9 Å². The van der Waals surface area contributed by atoms with Gasteiger partial charge in [0.25, 0.3) is 0 Å². The minimum absolute atomic E-state index is 0.685. The largest absolute Gasteiger partial charge is 0.497 e. The van der Waals surface area contributed by atoms with Crippen LogP contribution in [0, 0.1) is 6.07 Å². The predicted molar refractivity (Wildman–Crippen MR) is 70.4 cm³/mol. The van der Waals surface area contributed by atoms with E-state index < -0.39 is 0 Å². The van der Waals surface area contributed by atoms with Crippen molar-refractivity contribution in [2.45, 2.75) is 0 Å². The third-order valence-electron chi connectivity index (χ3n) is 2.72.